The van der Waals surface area contributed by atoms with E-state index in [2.05, 4.69) is 13.8 Å². The molecular weight excluding hydrogens is 275 g/mol. The van der Waals surface area contributed by atoms with Gasteiger partial charge in [-0.2, -0.15) is 0 Å². The molecule has 0 bridgehead atoms. The molecule has 20 heavy (non-hydrogen) atoms. The SMILES string of the molecule is CC(C)CC1(C(O)Cc2cc(Cl)ccc2F)CCCC1. The Bertz CT molecular complexity index is 452. The number of halogens is 2. The molecule has 112 valence electrons. The van der Waals surface area contributed by atoms with Crippen molar-refractivity contribution in [2.75, 3.05) is 0 Å². The lowest BCUT2D eigenvalue weighted by Gasteiger charge is -2.36. The zero-order chi connectivity index (χ0) is 14.8. The molecule has 0 saturated heterocycles. The summed E-state index contributed by atoms with van der Waals surface area (Å²) in [6, 6.07) is 4.57. The summed E-state index contributed by atoms with van der Waals surface area (Å²) in [7, 11) is 0. The van der Waals surface area contributed by atoms with Crippen LogP contribution in [-0.2, 0) is 6.42 Å². The fourth-order valence-corrected chi connectivity index (χ4v) is 3.88. The van der Waals surface area contributed by atoms with E-state index in [9.17, 15) is 9.50 Å². The molecule has 1 saturated carbocycles. The first-order valence-corrected chi connectivity index (χ1v) is 7.93. The van der Waals surface area contributed by atoms with Crippen molar-refractivity contribution in [1.82, 2.24) is 0 Å². The quantitative estimate of drug-likeness (QED) is 0.812. The zero-order valence-corrected chi connectivity index (χ0v) is 13.1. The van der Waals surface area contributed by atoms with Gasteiger partial charge < -0.3 is 5.11 Å². The van der Waals surface area contributed by atoms with Crippen LogP contribution in [0.15, 0.2) is 18.2 Å². The van der Waals surface area contributed by atoms with E-state index in [1.165, 1.54) is 18.9 Å². The van der Waals surface area contributed by atoms with Crippen molar-refractivity contribution in [2.24, 2.45) is 11.3 Å². The smallest absolute Gasteiger partial charge is 0.126 e. The Morgan fingerprint density at radius 1 is 1.30 bits per heavy atom. The van der Waals surface area contributed by atoms with Crippen LogP contribution in [0.4, 0.5) is 4.39 Å². The van der Waals surface area contributed by atoms with Gasteiger partial charge in [0.15, 0.2) is 0 Å². The summed E-state index contributed by atoms with van der Waals surface area (Å²) in [5.41, 5.74) is 0.489. The minimum absolute atomic E-state index is 0.0388. The first kappa shape index (κ1) is 15.8. The second-order valence-corrected chi connectivity index (χ2v) is 7.06. The molecular formula is C17H24ClFO. The van der Waals surface area contributed by atoms with Gasteiger partial charge in [0.05, 0.1) is 6.10 Å². The summed E-state index contributed by atoms with van der Waals surface area (Å²) in [4.78, 5) is 0. The van der Waals surface area contributed by atoms with Crippen molar-refractivity contribution in [3.63, 3.8) is 0 Å². The number of benzene rings is 1. The second-order valence-electron chi connectivity index (χ2n) is 6.62. The highest BCUT2D eigenvalue weighted by Gasteiger charge is 2.40. The number of aliphatic hydroxyl groups is 1. The van der Waals surface area contributed by atoms with Crippen molar-refractivity contribution < 1.29 is 9.50 Å². The van der Waals surface area contributed by atoms with E-state index in [0.29, 0.717) is 22.9 Å². The van der Waals surface area contributed by atoms with Gasteiger partial charge in [-0.25, -0.2) is 4.39 Å². The Labute approximate surface area is 126 Å². The Morgan fingerprint density at radius 2 is 1.95 bits per heavy atom. The minimum Gasteiger partial charge on any atom is -0.392 e. The van der Waals surface area contributed by atoms with Crippen LogP contribution in [-0.4, -0.2) is 11.2 Å². The number of rotatable bonds is 5. The number of hydrogen-bond donors (Lipinski definition) is 1. The summed E-state index contributed by atoms with van der Waals surface area (Å²) in [6.45, 7) is 4.37. The van der Waals surface area contributed by atoms with Gasteiger partial charge in [0.1, 0.15) is 5.82 Å². The van der Waals surface area contributed by atoms with Gasteiger partial charge in [0.2, 0.25) is 0 Å². The summed E-state index contributed by atoms with van der Waals surface area (Å²) in [5.74, 6) is 0.276. The van der Waals surface area contributed by atoms with Gasteiger partial charge in [0, 0.05) is 11.4 Å². The van der Waals surface area contributed by atoms with E-state index >= 15 is 0 Å². The summed E-state index contributed by atoms with van der Waals surface area (Å²) < 4.78 is 13.8. The molecule has 1 fully saturated rings. The van der Waals surface area contributed by atoms with Crippen LogP contribution in [0.2, 0.25) is 5.02 Å². The average molecular weight is 299 g/mol. The van der Waals surface area contributed by atoms with Crippen LogP contribution in [0.5, 0.6) is 0 Å². The molecule has 1 N–H and O–H groups in total. The van der Waals surface area contributed by atoms with Crippen LogP contribution in [0.1, 0.15) is 51.5 Å². The lowest BCUT2D eigenvalue weighted by Crippen LogP contribution is -2.35. The molecule has 0 heterocycles. The summed E-state index contributed by atoms with van der Waals surface area (Å²) in [5, 5.41) is 11.2. The third kappa shape index (κ3) is 3.53. The third-order valence-electron chi connectivity index (χ3n) is 4.54. The van der Waals surface area contributed by atoms with Crippen LogP contribution in [0.3, 0.4) is 0 Å². The van der Waals surface area contributed by atoms with E-state index < -0.39 is 6.10 Å². The fourth-order valence-electron chi connectivity index (χ4n) is 3.69. The van der Waals surface area contributed by atoms with Crippen LogP contribution in [0.25, 0.3) is 0 Å². The van der Waals surface area contributed by atoms with Gasteiger partial charge in [-0.1, -0.05) is 38.3 Å². The molecule has 1 unspecified atom stereocenters. The Morgan fingerprint density at radius 3 is 2.55 bits per heavy atom. The monoisotopic (exact) mass is 298 g/mol. The number of hydrogen-bond acceptors (Lipinski definition) is 1. The van der Waals surface area contributed by atoms with Gasteiger partial charge in [0.25, 0.3) is 0 Å². The van der Waals surface area contributed by atoms with Gasteiger partial charge >= 0.3 is 0 Å². The second kappa shape index (κ2) is 6.44. The van der Waals surface area contributed by atoms with Crippen LogP contribution < -0.4 is 0 Å². The highest BCUT2D eigenvalue weighted by Crippen LogP contribution is 2.46. The summed E-state index contributed by atoms with van der Waals surface area (Å²) in [6.07, 6.45) is 5.32. The lowest BCUT2D eigenvalue weighted by atomic mass is 9.72. The lowest BCUT2D eigenvalue weighted by molar-refractivity contribution is 0.0128. The number of aliphatic hydroxyl groups excluding tert-OH is 1. The van der Waals surface area contributed by atoms with E-state index in [1.54, 1.807) is 12.1 Å². The predicted molar refractivity (Wildman–Crippen MR) is 81.5 cm³/mol. The highest BCUT2D eigenvalue weighted by molar-refractivity contribution is 6.30. The molecule has 0 aromatic heterocycles. The molecule has 0 spiro atoms. The molecule has 0 amide bonds. The molecule has 1 aromatic rings. The molecule has 1 aromatic carbocycles. The fraction of sp³-hybridized carbons (Fsp3) is 0.647. The third-order valence-corrected chi connectivity index (χ3v) is 4.78. The van der Waals surface area contributed by atoms with Crippen molar-refractivity contribution in [3.8, 4) is 0 Å². The zero-order valence-electron chi connectivity index (χ0n) is 12.3. The molecule has 3 heteroatoms. The van der Waals surface area contributed by atoms with Crippen LogP contribution in [0, 0.1) is 17.2 Å². The molecule has 0 aliphatic heterocycles. The average Bonchev–Trinajstić information content (AvgIpc) is 2.82. The van der Waals surface area contributed by atoms with E-state index in [-0.39, 0.29) is 11.2 Å². The molecule has 0 radical (unpaired) electrons. The van der Waals surface area contributed by atoms with Crippen molar-refractivity contribution >= 4 is 11.6 Å². The maximum atomic E-state index is 13.8. The Kier molecular flexibility index (Phi) is 5.09. The van der Waals surface area contributed by atoms with Gasteiger partial charge in [-0.05, 0) is 54.4 Å². The largest absolute Gasteiger partial charge is 0.392 e. The first-order chi connectivity index (χ1) is 9.43. The van der Waals surface area contributed by atoms with Crippen molar-refractivity contribution in [1.29, 1.82) is 0 Å². The maximum absolute atomic E-state index is 13.8. The van der Waals surface area contributed by atoms with Crippen molar-refractivity contribution in [3.05, 3.63) is 34.6 Å². The van der Waals surface area contributed by atoms with Gasteiger partial charge in [-0.3, -0.25) is 0 Å². The van der Waals surface area contributed by atoms with Crippen LogP contribution >= 0.6 is 11.6 Å². The normalized spacial score (nSPS) is 19.5. The Hall–Kier alpha value is -0.600. The first-order valence-electron chi connectivity index (χ1n) is 7.55. The molecule has 2 rings (SSSR count). The minimum atomic E-state index is -0.486. The standard InChI is InChI=1S/C17H24ClFO/c1-12(2)11-17(7-3-4-8-17)16(20)10-13-9-14(18)5-6-15(13)19/h5-6,9,12,16,20H,3-4,7-8,10-11H2,1-2H3. The maximum Gasteiger partial charge on any atom is 0.126 e. The molecule has 1 aliphatic rings. The highest BCUT2D eigenvalue weighted by atomic mass is 35.5. The predicted octanol–water partition coefficient (Wildman–Crippen LogP) is 4.99. The topological polar surface area (TPSA) is 20.2 Å². The Balaban J connectivity index is 2.16. The molecule has 1 aliphatic carbocycles. The molecule has 1 nitrogen and oxygen atoms in total. The van der Waals surface area contributed by atoms with E-state index in [0.717, 1.165) is 19.3 Å². The molecule has 1 atom stereocenters. The van der Waals surface area contributed by atoms with E-state index in [1.807, 2.05) is 0 Å². The van der Waals surface area contributed by atoms with Gasteiger partial charge in [-0.15, -0.1) is 0 Å². The summed E-state index contributed by atoms with van der Waals surface area (Å²) >= 11 is 5.93. The van der Waals surface area contributed by atoms with Crippen molar-refractivity contribution in [2.45, 2.75) is 58.5 Å². The van der Waals surface area contributed by atoms with E-state index in [4.69, 9.17) is 11.6 Å².